The van der Waals surface area contributed by atoms with Crippen molar-refractivity contribution in [3.05, 3.63) is 52.0 Å². The fraction of sp³-hybridized carbons (Fsp3) is 0.381. The number of amides is 1. The number of rotatable bonds is 7. The number of hydrogen-bond acceptors (Lipinski definition) is 5. The zero-order valence-corrected chi connectivity index (χ0v) is 18.1. The van der Waals surface area contributed by atoms with E-state index in [9.17, 15) is 4.79 Å². The highest BCUT2D eigenvalue weighted by Gasteiger charge is 2.20. The Labute approximate surface area is 181 Å². The molecule has 29 heavy (non-hydrogen) atoms. The molecule has 0 atom stereocenters. The summed E-state index contributed by atoms with van der Waals surface area (Å²) in [5.41, 5.74) is 1.67. The highest BCUT2D eigenvalue weighted by atomic mass is 35.5. The number of benzene rings is 2. The predicted octanol–water partition coefficient (Wildman–Crippen LogP) is 3.77. The maximum absolute atomic E-state index is 12.5. The van der Waals surface area contributed by atoms with E-state index in [1.807, 2.05) is 12.1 Å². The molecule has 0 bridgehead atoms. The van der Waals surface area contributed by atoms with Crippen molar-refractivity contribution in [1.29, 1.82) is 0 Å². The van der Waals surface area contributed by atoms with Crippen molar-refractivity contribution in [3.63, 3.8) is 0 Å². The van der Waals surface area contributed by atoms with E-state index in [2.05, 4.69) is 15.1 Å². The van der Waals surface area contributed by atoms with E-state index in [4.69, 9.17) is 32.7 Å². The Morgan fingerprint density at radius 2 is 1.72 bits per heavy atom. The minimum Gasteiger partial charge on any atom is -0.497 e. The van der Waals surface area contributed by atoms with Crippen LogP contribution in [0.1, 0.15) is 5.56 Å². The molecule has 1 N–H and O–H groups in total. The highest BCUT2D eigenvalue weighted by Crippen LogP contribution is 2.29. The van der Waals surface area contributed by atoms with Gasteiger partial charge in [-0.3, -0.25) is 14.6 Å². The molecule has 0 unspecified atom stereocenters. The van der Waals surface area contributed by atoms with Gasteiger partial charge in [-0.25, -0.2) is 0 Å². The Bertz CT molecular complexity index is 855. The molecule has 0 spiro atoms. The quantitative estimate of drug-likeness (QED) is 0.714. The summed E-state index contributed by atoms with van der Waals surface area (Å²) in [4.78, 5) is 17.0. The molecule has 0 radical (unpaired) electrons. The standard InChI is InChI=1S/C21H25Cl2N3O3/c1-28-17-5-6-20(29-2)19(12-17)24-21(27)14-26-9-7-25(8-10-26)13-15-3-4-16(22)11-18(15)23/h3-6,11-12H,7-10,13-14H2,1-2H3,(H,24,27). The highest BCUT2D eigenvalue weighted by molar-refractivity contribution is 6.35. The second kappa shape index (κ2) is 10.2. The van der Waals surface area contributed by atoms with Gasteiger partial charge in [-0.05, 0) is 29.8 Å². The zero-order valence-electron chi connectivity index (χ0n) is 16.6. The van der Waals surface area contributed by atoms with Crippen molar-refractivity contribution >= 4 is 34.8 Å². The van der Waals surface area contributed by atoms with E-state index in [0.717, 1.165) is 38.3 Å². The lowest BCUT2D eigenvalue weighted by Gasteiger charge is -2.34. The molecule has 1 fully saturated rings. The molecule has 0 aromatic heterocycles. The number of nitrogens with zero attached hydrogens (tertiary/aromatic N) is 2. The topological polar surface area (TPSA) is 54.0 Å². The van der Waals surface area contributed by atoms with Gasteiger partial charge in [-0.2, -0.15) is 0 Å². The fourth-order valence-electron chi connectivity index (χ4n) is 3.30. The van der Waals surface area contributed by atoms with Gasteiger partial charge in [0.25, 0.3) is 0 Å². The molecular formula is C21H25Cl2N3O3. The molecule has 1 heterocycles. The van der Waals surface area contributed by atoms with Crippen LogP contribution in [0.4, 0.5) is 5.69 Å². The zero-order chi connectivity index (χ0) is 20.8. The van der Waals surface area contributed by atoms with Gasteiger partial charge < -0.3 is 14.8 Å². The number of halogens is 2. The van der Waals surface area contributed by atoms with Crippen LogP contribution in [0.3, 0.4) is 0 Å². The first-order chi connectivity index (χ1) is 14.0. The van der Waals surface area contributed by atoms with Crippen LogP contribution in [0.15, 0.2) is 36.4 Å². The molecule has 1 aliphatic heterocycles. The van der Waals surface area contributed by atoms with Crippen LogP contribution in [0.25, 0.3) is 0 Å². The van der Waals surface area contributed by atoms with Gasteiger partial charge in [0.15, 0.2) is 0 Å². The van der Waals surface area contributed by atoms with Crippen LogP contribution in [-0.2, 0) is 11.3 Å². The molecule has 156 valence electrons. The summed E-state index contributed by atoms with van der Waals surface area (Å²) in [5.74, 6) is 1.19. The number of anilines is 1. The van der Waals surface area contributed by atoms with Crippen molar-refractivity contribution in [2.45, 2.75) is 6.54 Å². The molecule has 3 rings (SSSR count). The molecular weight excluding hydrogens is 413 g/mol. The number of methoxy groups -OCH3 is 2. The average molecular weight is 438 g/mol. The lowest BCUT2D eigenvalue weighted by molar-refractivity contribution is -0.117. The molecule has 8 heteroatoms. The smallest absolute Gasteiger partial charge is 0.238 e. The lowest BCUT2D eigenvalue weighted by Crippen LogP contribution is -2.48. The Morgan fingerprint density at radius 1 is 1.00 bits per heavy atom. The summed E-state index contributed by atoms with van der Waals surface area (Å²) >= 11 is 12.2. The van der Waals surface area contributed by atoms with Gasteiger partial charge >= 0.3 is 0 Å². The van der Waals surface area contributed by atoms with Gasteiger partial charge in [0.2, 0.25) is 5.91 Å². The third kappa shape index (κ3) is 6.00. The van der Waals surface area contributed by atoms with Crippen molar-refractivity contribution < 1.29 is 14.3 Å². The van der Waals surface area contributed by atoms with Crippen LogP contribution in [0.2, 0.25) is 10.0 Å². The summed E-state index contributed by atoms with van der Waals surface area (Å²) in [5, 5.41) is 4.25. The summed E-state index contributed by atoms with van der Waals surface area (Å²) in [6.07, 6.45) is 0. The fourth-order valence-corrected chi connectivity index (χ4v) is 3.77. The predicted molar refractivity (Wildman–Crippen MR) is 116 cm³/mol. The van der Waals surface area contributed by atoms with Gasteiger partial charge in [0.1, 0.15) is 11.5 Å². The van der Waals surface area contributed by atoms with Crippen molar-refractivity contribution in [2.24, 2.45) is 0 Å². The van der Waals surface area contributed by atoms with E-state index in [1.54, 1.807) is 38.5 Å². The number of carbonyl (C=O) groups is 1. The van der Waals surface area contributed by atoms with Crippen molar-refractivity contribution in [3.8, 4) is 11.5 Å². The number of carbonyl (C=O) groups excluding carboxylic acids is 1. The van der Waals surface area contributed by atoms with Crippen LogP contribution in [-0.4, -0.2) is 62.7 Å². The Hall–Kier alpha value is -1.99. The molecule has 2 aromatic carbocycles. The summed E-state index contributed by atoms with van der Waals surface area (Å²) in [6, 6.07) is 10.9. The maximum Gasteiger partial charge on any atom is 0.238 e. The minimum atomic E-state index is -0.0780. The van der Waals surface area contributed by atoms with E-state index in [1.165, 1.54) is 0 Å². The second-order valence-electron chi connectivity index (χ2n) is 6.90. The summed E-state index contributed by atoms with van der Waals surface area (Å²) in [7, 11) is 3.16. The summed E-state index contributed by atoms with van der Waals surface area (Å²) in [6.45, 7) is 4.47. The number of hydrogen-bond donors (Lipinski definition) is 1. The molecule has 6 nitrogen and oxygen atoms in total. The first-order valence-corrected chi connectivity index (χ1v) is 10.1. The first-order valence-electron chi connectivity index (χ1n) is 9.39. The van der Waals surface area contributed by atoms with Gasteiger partial charge in [-0.1, -0.05) is 29.3 Å². The second-order valence-corrected chi connectivity index (χ2v) is 7.75. The maximum atomic E-state index is 12.5. The lowest BCUT2D eigenvalue weighted by atomic mass is 10.2. The third-order valence-corrected chi connectivity index (χ3v) is 5.51. The molecule has 0 aliphatic carbocycles. The molecule has 0 saturated carbocycles. The van der Waals surface area contributed by atoms with Gasteiger partial charge in [0, 0.05) is 48.8 Å². The van der Waals surface area contributed by atoms with Gasteiger partial charge in [0.05, 0.1) is 26.5 Å². The minimum absolute atomic E-state index is 0.0780. The Balaban J connectivity index is 1.50. The van der Waals surface area contributed by atoms with E-state index < -0.39 is 0 Å². The van der Waals surface area contributed by atoms with Crippen LogP contribution in [0, 0.1) is 0 Å². The van der Waals surface area contributed by atoms with E-state index in [-0.39, 0.29) is 5.91 Å². The average Bonchev–Trinajstić information content (AvgIpc) is 2.71. The molecule has 2 aromatic rings. The van der Waals surface area contributed by atoms with Crippen molar-refractivity contribution in [1.82, 2.24) is 9.80 Å². The normalized spacial score (nSPS) is 15.2. The number of nitrogens with one attached hydrogen (secondary N) is 1. The van der Waals surface area contributed by atoms with Crippen LogP contribution < -0.4 is 14.8 Å². The largest absolute Gasteiger partial charge is 0.497 e. The summed E-state index contributed by atoms with van der Waals surface area (Å²) < 4.78 is 10.5. The Kier molecular flexibility index (Phi) is 7.61. The monoisotopic (exact) mass is 437 g/mol. The third-order valence-electron chi connectivity index (χ3n) is 4.92. The van der Waals surface area contributed by atoms with Crippen LogP contribution >= 0.6 is 23.2 Å². The SMILES string of the molecule is COc1ccc(OC)c(NC(=O)CN2CCN(Cc3ccc(Cl)cc3Cl)CC2)c1. The first kappa shape index (κ1) is 21.7. The Morgan fingerprint density at radius 3 is 2.38 bits per heavy atom. The van der Waals surface area contributed by atoms with E-state index >= 15 is 0 Å². The molecule has 1 amide bonds. The molecule has 1 saturated heterocycles. The number of piperazine rings is 1. The number of ether oxygens (including phenoxy) is 2. The van der Waals surface area contributed by atoms with E-state index in [0.29, 0.717) is 33.8 Å². The van der Waals surface area contributed by atoms with Crippen LogP contribution in [0.5, 0.6) is 11.5 Å². The van der Waals surface area contributed by atoms with Gasteiger partial charge in [-0.15, -0.1) is 0 Å². The van der Waals surface area contributed by atoms with Crippen molar-refractivity contribution in [2.75, 3.05) is 52.3 Å². The molecule has 1 aliphatic rings.